The van der Waals surface area contributed by atoms with Crippen LogP contribution in [0.15, 0.2) is 30.5 Å². The minimum Gasteiger partial charge on any atom is -0.493 e. The Morgan fingerprint density at radius 1 is 0.853 bits per heavy atom. The Morgan fingerprint density at radius 3 is 2.00 bits per heavy atom. The molecule has 2 aromatic carbocycles. The normalized spacial score (nSPS) is 15.1. The topological polar surface area (TPSA) is 69.3 Å². The van der Waals surface area contributed by atoms with Crippen LogP contribution in [0.2, 0.25) is 0 Å². The van der Waals surface area contributed by atoms with Crippen molar-refractivity contribution in [3.05, 3.63) is 52.7 Å². The molecule has 7 heteroatoms. The lowest BCUT2D eigenvalue weighted by Crippen LogP contribution is -2.31. The first-order valence-electron chi connectivity index (χ1n) is 11.7. The maximum atomic E-state index is 12.8. The van der Waals surface area contributed by atoms with Crippen LogP contribution in [0.5, 0.6) is 23.0 Å². The van der Waals surface area contributed by atoms with Gasteiger partial charge >= 0.3 is 0 Å². The fraction of sp³-hybridized carbons (Fsp3) is 0.444. The molecule has 1 aliphatic heterocycles. The highest BCUT2D eigenvalue weighted by Gasteiger charge is 2.24. The smallest absolute Gasteiger partial charge is 0.230 e. The zero-order valence-electron chi connectivity index (χ0n) is 20.5. The summed E-state index contributed by atoms with van der Waals surface area (Å²) in [6, 6.07) is 8.03. The van der Waals surface area contributed by atoms with Gasteiger partial charge in [0.1, 0.15) is 0 Å². The predicted octanol–water partition coefficient (Wildman–Crippen LogP) is 3.47. The van der Waals surface area contributed by atoms with Crippen molar-refractivity contribution in [2.24, 2.45) is 5.92 Å². The van der Waals surface area contributed by atoms with Crippen LogP contribution in [0.25, 0.3) is 6.08 Å². The summed E-state index contributed by atoms with van der Waals surface area (Å²) in [6.45, 7) is 2.50. The van der Waals surface area contributed by atoms with E-state index in [0.29, 0.717) is 30.4 Å². The largest absolute Gasteiger partial charge is 0.493 e. The van der Waals surface area contributed by atoms with E-state index in [1.807, 2.05) is 29.3 Å². The number of fused-ring (bicyclic) bond motifs is 2. The average Bonchev–Trinajstić information content (AvgIpc) is 3.18. The summed E-state index contributed by atoms with van der Waals surface area (Å²) in [5.74, 6) is 3.56. The number of hydrogen-bond acceptors (Lipinski definition) is 6. The van der Waals surface area contributed by atoms with Crippen molar-refractivity contribution >= 4 is 12.0 Å². The molecule has 7 nitrogen and oxygen atoms in total. The van der Waals surface area contributed by atoms with Gasteiger partial charge in [0.25, 0.3) is 0 Å². The van der Waals surface area contributed by atoms with Gasteiger partial charge < -0.3 is 29.2 Å². The molecule has 2 aliphatic rings. The summed E-state index contributed by atoms with van der Waals surface area (Å²) in [5.41, 5.74) is 4.63. The standard InChI is InChI=1S/C27H34N2O5/c1-31-23-12-19-6-9-29(27(30)16-22(19)15-26(23)34-4)8-5-7-28-17-18-10-20-13-24(32-2)25(33-3)14-21(20)11-18/h6,9,12-15,18,28H,5,7-8,10-11,16-17H2,1-4H3. The molecule has 0 fully saturated rings. The molecule has 0 saturated carbocycles. The van der Waals surface area contributed by atoms with E-state index in [0.717, 1.165) is 55.0 Å². The van der Waals surface area contributed by atoms with Gasteiger partial charge in [0.15, 0.2) is 23.0 Å². The molecule has 1 N–H and O–H groups in total. The van der Waals surface area contributed by atoms with Gasteiger partial charge in [-0.05, 0) is 90.9 Å². The van der Waals surface area contributed by atoms with Crippen LogP contribution in [0.3, 0.4) is 0 Å². The molecule has 0 unspecified atom stereocenters. The minimum absolute atomic E-state index is 0.0938. The van der Waals surface area contributed by atoms with Gasteiger partial charge in [0, 0.05) is 12.7 Å². The second kappa shape index (κ2) is 10.8. The number of nitrogens with one attached hydrogen (secondary N) is 1. The Balaban J connectivity index is 1.25. The molecular weight excluding hydrogens is 432 g/mol. The van der Waals surface area contributed by atoms with Crippen LogP contribution in [0.1, 0.15) is 28.7 Å². The van der Waals surface area contributed by atoms with E-state index < -0.39 is 0 Å². The maximum Gasteiger partial charge on any atom is 0.230 e. The van der Waals surface area contributed by atoms with E-state index in [-0.39, 0.29) is 5.91 Å². The third-order valence-electron chi connectivity index (χ3n) is 6.65. The van der Waals surface area contributed by atoms with E-state index in [1.165, 1.54) is 11.1 Å². The second-order valence-corrected chi connectivity index (χ2v) is 8.79. The van der Waals surface area contributed by atoms with Crippen molar-refractivity contribution in [2.75, 3.05) is 48.1 Å². The number of carbonyl (C=O) groups is 1. The van der Waals surface area contributed by atoms with Crippen molar-refractivity contribution in [3.8, 4) is 23.0 Å². The zero-order valence-corrected chi connectivity index (χ0v) is 20.5. The number of rotatable bonds is 10. The molecule has 34 heavy (non-hydrogen) atoms. The molecule has 4 rings (SSSR count). The third-order valence-corrected chi connectivity index (χ3v) is 6.65. The van der Waals surface area contributed by atoms with Crippen molar-refractivity contribution in [3.63, 3.8) is 0 Å². The number of nitrogens with zero attached hydrogens (tertiary/aromatic N) is 1. The fourth-order valence-corrected chi connectivity index (χ4v) is 4.82. The van der Waals surface area contributed by atoms with Gasteiger partial charge in [-0.3, -0.25) is 4.79 Å². The molecule has 0 radical (unpaired) electrons. The van der Waals surface area contributed by atoms with E-state index in [1.54, 1.807) is 28.4 Å². The second-order valence-electron chi connectivity index (χ2n) is 8.79. The molecule has 182 valence electrons. The number of methoxy groups -OCH3 is 4. The highest BCUT2D eigenvalue weighted by atomic mass is 16.5. The van der Waals surface area contributed by atoms with E-state index in [9.17, 15) is 4.79 Å². The third kappa shape index (κ3) is 5.14. The molecule has 1 aliphatic carbocycles. The van der Waals surface area contributed by atoms with Crippen molar-refractivity contribution in [1.29, 1.82) is 0 Å². The number of hydrogen-bond donors (Lipinski definition) is 1. The molecule has 0 spiro atoms. The van der Waals surface area contributed by atoms with Crippen molar-refractivity contribution in [2.45, 2.75) is 25.7 Å². The van der Waals surface area contributed by atoms with Crippen LogP contribution in [0, 0.1) is 5.92 Å². The Hall–Kier alpha value is -3.19. The number of carbonyl (C=O) groups excluding carboxylic acids is 1. The van der Waals surface area contributed by atoms with Gasteiger partial charge in [-0.15, -0.1) is 0 Å². The first-order chi connectivity index (χ1) is 16.6. The maximum absolute atomic E-state index is 12.8. The van der Waals surface area contributed by atoms with Crippen molar-refractivity contribution in [1.82, 2.24) is 10.2 Å². The van der Waals surface area contributed by atoms with Gasteiger partial charge in [-0.25, -0.2) is 0 Å². The van der Waals surface area contributed by atoms with Crippen LogP contribution in [-0.2, 0) is 24.1 Å². The molecule has 2 aromatic rings. The first kappa shape index (κ1) is 24.0. The van der Waals surface area contributed by atoms with Crippen LogP contribution < -0.4 is 24.3 Å². The van der Waals surface area contributed by atoms with Crippen LogP contribution >= 0.6 is 0 Å². The zero-order chi connectivity index (χ0) is 24.1. The summed E-state index contributed by atoms with van der Waals surface area (Å²) in [6.07, 6.45) is 7.19. The van der Waals surface area contributed by atoms with E-state index >= 15 is 0 Å². The molecule has 0 aromatic heterocycles. The molecule has 1 amide bonds. The first-order valence-corrected chi connectivity index (χ1v) is 11.7. The molecule has 0 bridgehead atoms. The Labute approximate surface area is 201 Å². The van der Waals surface area contributed by atoms with Crippen LogP contribution in [0.4, 0.5) is 0 Å². The monoisotopic (exact) mass is 466 g/mol. The van der Waals surface area contributed by atoms with Gasteiger partial charge in [-0.2, -0.15) is 0 Å². The quantitative estimate of drug-likeness (QED) is 0.541. The Kier molecular flexibility index (Phi) is 7.63. The SMILES string of the molecule is COc1cc2c(cc1OC)CC(=O)N(CCCNCC1Cc3cc(OC)c(OC)cc3C1)C=C2. The lowest BCUT2D eigenvalue weighted by Gasteiger charge is -2.18. The highest BCUT2D eigenvalue weighted by molar-refractivity contribution is 5.84. The summed E-state index contributed by atoms with van der Waals surface area (Å²) >= 11 is 0. The number of ether oxygens (including phenoxy) is 4. The Morgan fingerprint density at radius 2 is 1.41 bits per heavy atom. The molecular formula is C27H34N2O5. The highest BCUT2D eigenvalue weighted by Crippen LogP contribution is 2.36. The van der Waals surface area contributed by atoms with E-state index in [2.05, 4.69) is 17.4 Å². The predicted molar refractivity (Wildman–Crippen MR) is 132 cm³/mol. The molecule has 0 saturated heterocycles. The Bertz CT molecular complexity index is 1030. The van der Waals surface area contributed by atoms with Gasteiger partial charge in [0.05, 0.1) is 34.9 Å². The van der Waals surface area contributed by atoms with Gasteiger partial charge in [-0.1, -0.05) is 0 Å². The van der Waals surface area contributed by atoms with E-state index in [4.69, 9.17) is 18.9 Å². The molecule has 0 atom stereocenters. The average molecular weight is 467 g/mol. The fourth-order valence-electron chi connectivity index (χ4n) is 4.82. The lowest BCUT2D eigenvalue weighted by atomic mass is 10.0. The lowest BCUT2D eigenvalue weighted by molar-refractivity contribution is -0.127. The summed E-state index contributed by atoms with van der Waals surface area (Å²) in [5, 5.41) is 3.58. The number of amides is 1. The minimum atomic E-state index is 0.0938. The molecule has 1 heterocycles. The summed E-state index contributed by atoms with van der Waals surface area (Å²) < 4.78 is 21.7. The van der Waals surface area contributed by atoms with Gasteiger partial charge in [0.2, 0.25) is 5.91 Å². The summed E-state index contributed by atoms with van der Waals surface area (Å²) in [7, 11) is 6.58. The van der Waals surface area contributed by atoms with Crippen molar-refractivity contribution < 1.29 is 23.7 Å². The van der Waals surface area contributed by atoms with Crippen LogP contribution in [-0.4, -0.2) is 58.9 Å². The number of benzene rings is 2. The summed E-state index contributed by atoms with van der Waals surface area (Å²) in [4.78, 5) is 14.6.